The number of carbonyl (C=O) groups is 1. The molecule has 2 aromatic carbocycles. The molecule has 21 heavy (non-hydrogen) atoms. The summed E-state index contributed by atoms with van der Waals surface area (Å²) in [6.45, 7) is 0. The molecule has 104 valence electrons. The SMILES string of the molecule is O=C1Nc2ccccc2C1c1[nH]c2ccccc2c1NO. The molecule has 0 radical (unpaired) electrons. The minimum atomic E-state index is -0.455. The molecule has 4 N–H and O–H groups in total. The van der Waals surface area contributed by atoms with Gasteiger partial charge >= 0.3 is 0 Å². The summed E-state index contributed by atoms with van der Waals surface area (Å²) in [6, 6.07) is 15.2. The molecule has 0 spiro atoms. The van der Waals surface area contributed by atoms with Crippen molar-refractivity contribution in [2.24, 2.45) is 0 Å². The van der Waals surface area contributed by atoms with Gasteiger partial charge in [0.25, 0.3) is 0 Å². The second-order valence-corrected chi connectivity index (χ2v) is 5.08. The van der Waals surface area contributed by atoms with Crippen LogP contribution in [0.5, 0.6) is 0 Å². The van der Waals surface area contributed by atoms with Gasteiger partial charge in [0.15, 0.2) is 0 Å². The van der Waals surface area contributed by atoms with Crippen LogP contribution in [-0.4, -0.2) is 16.1 Å². The number of para-hydroxylation sites is 2. The fraction of sp³-hybridized carbons (Fsp3) is 0.0625. The van der Waals surface area contributed by atoms with E-state index in [0.29, 0.717) is 11.4 Å². The summed E-state index contributed by atoms with van der Waals surface area (Å²) in [4.78, 5) is 15.6. The topological polar surface area (TPSA) is 77.2 Å². The smallest absolute Gasteiger partial charge is 0.238 e. The van der Waals surface area contributed by atoms with Crippen molar-refractivity contribution in [1.29, 1.82) is 0 Å². The molecule has 0 fully saturated rings. The molecule has 4 rings (SSSR count). The van der Waals surface area contributed by atoms with Gasteiger partial charge in [-0.2, -0.15) is 0 Å². The van der Waals surface area contributed by atoms with Crippen LogP contribution < -0.4 is 10.8 Å². The van der Waals surface area contributed by atoms with Crippen molar-refractivity contribution in [2.75, 3.05) is 10.8 Å². The van der Waals surface area contributed by atoms with E-state index in [-0.39, 0.29) is 5.91 Å². The van der Waals surface area contributed by atoms with E-state index < -0.39 is 5.92 Å². The van der Waals surface area contributed by atoms with Crippen molar-refractivity contribution >= 4 is 28.2 Å². The number of hydrogen-bond donors (Lipinski definition) is 4. The molecule has 5 heteroatoms. The molecular formula is C16H13N3O2. The van der Waals surface area contributed by atoms with Crippen LogP contribution in [0.25, 0.3) is 10.9 Å². The van der Waals surface area contributed by atoms with E-state index in [1.807, 2.05) is 48.5 Å². The summed E-state index contributed by atoms with van der Waals surface area (Å²) in [5.74, 6) is -0.553. The molecule has 1 aliphatic rings. The first-order chi connectivity index (χ1) is 10.3. The zero-order chi connectivity index (χ0) is 14.4. The van der Waals surface area contributed by atoms with E-state index >= 15 is 0 Å². The van der Waals surface area contributed by atoms with Gasteiger partial charge in [-0.1, -0.05) is 36.4 Å². The first-order valence-corrected chi connectivity index (χ1v) is 6.70. The molecule has 0 saturated heterocycles. The number of carbonyl (C=O) groups excluding carboxylic acids is 1. The quantitative estimate of drug-likeness (QED) is 0.544. The molecule has 1 aliphatic heterocycles. The van der Waals surface area contributed by atoms with Crippen LogP contribution >= 0.6 is 0 Å². The highest BCUT2D eigenvalue weighted by atomic mass is 16.5. The van der Waals surface area contributed by atoms with Gasteiger partial charge in [-0.05, 0) is 17.7 Å². The summed E-state index contributed by atoms with van der Waals surface area (Å²) in [5.41, 5.74) is 6.05. The van der Waals surface area contributed by atoms with Crippen molar-refractivity contribution in [3.63, 3.8) is 0 Å². The number of anilines is 2. The van der Waals surface area contributed by atoms with E-state index in [2.05, 4.69) is 15.8 Å². The van der Waals surface area contributed by atoms with Gasteiger partial charge in [-0.3, -0.25) is 15.5 Å². The fourth-order valence-corrected chi connectivity index (χ4v) is 3.00. The molecule has 2 heterocycles. The predicted octanol–water partition coefficient (Wildman–Crippen LogP) is 3.05. The lowest BCUT2D eigenvalue weighted by molar-refractivity contribution is -0.116. The Hall–Kier alpha value is -2.79. The summed E-state index contributed by atoms with van der Waals surface area (Å²) in [5, 5.41) is 13.2. The standard InChI is InChI=1S/C16H13N3O2/c20-16-13(9-5-1-3-7-11(9)18-16)15-14(19-21)10-6-2-4-8-12(10)17-15/h1-8,13,17,19,21H,(H,18,20). The second kappa shape index (κ2) is 4.36. The highest BCUT2D eigenvalue weighted by Gasteiger charge is 2.35. The van der Waals surface area contributed by atoms with Crippen molar-refractivity contribution in [2.45, 2.75) is 5.92 Å². The molecule has 0 saturated carbocycles. The molecule has 1 amide bonds. The van der Waals surface area contributed by atoms with Crippen LogP contribution in [0.4, 0.5) is 11.4 Å². The average molecular weight is 279 g/mol. The number of aromatic amines is 1. The minimum Gasteiger partial charge on any atom is -0.356 e. The summed E-state index contributed by atoms with van der Waals surface area (Å²) >= 11 is 0. The Morgan fingerprint density at radius 3 is 2.67 bits per heavy atom. The van der Waals surface area contributed by atoms with E-state index in [1.165, 1.54) is 0 Å². The van der Waals surface area contributed by atoms with Crippen molar-refractivity contribution in [3.8, 4) is 0 Å². The monoisotopic (exact) mass is 279 g/mol. The largest absolute Gasteiger partial charge is 0.356 e. The Balaban J connectivity index is 1.96. The highest BCUT2D eigenvalue weighted by molar-refractivity contribution is 6.07. The molecule has 1 atom stereocenters. The van der Waals surface area contributed by atoms with Gasteiger partial charge in [0.05, 0.1) is 11.4 Å². The van der Waals surface area contributed by atoms with Crippen LogP contribution in [0.1, 0.15) is 17.2 Å². The zero-order valence-electron chi connectivity index (χ0n) is 11.1. The average Bonchev–Trinajstić information content (AvgIpc) is 3.02. The third-order valence-electron chi connectivity index (χ3n) is 3.93. The van der Waals surface area contributed by atoms with Crippen LogP contribution in [0.3, 0.4) is 0 Å². The Bertz CT molecular complexity index is 854. The molecule has 1 unspecified atom stereocenters. The third-order valence-corrected chi connectivity index (χ3v) is 3.93. The lowest BCUT2D eigenvalue weighted by Gasteiger charge is -2.09. The van der Waals surface area contributed by atoms with Crippen LogP contribution in [0, 0.1) is 0 Å². The molecule has 3 aromatic rings. The van der Waals surface area contributed by atoms with Gasteiger partial charge in [0.1, 0.15) is 5.92 Å². The van der Waals surface area contributed by atoms with Crippen LogP contribution in [0.2, 0.25) is 0 Å². The summed E-state index contributed by atoms with van der Waals surface area (Å²) < 4.78 is 0. The van der Waals surface area contributed by atoms with Gasteiger partial charge in [0, 0.05) is 16.6 Å². The number of fused-ring (bicyclic) bond motifs is 2. The third kappa shape index (κ3) is 1.64. The van der Waals surface area contributed by atoms with Gasteiger partial charge in [-0.15, -0.1) is 0 Å². The second-order valence-electron chi connectivity index (χ2n) is 5.08. The van der Waals surface area contributed by atoms with E-state index in [9.17, 15) is 10.0 Å². The number of amides is 1. The number of nitrogens with one attached hydrogen (secondary N) is 3. The Morgan fingerprint density at radius 1 is 1.05 bits per heavy atom. The maximum atomic E-state index is 12.3. The van der Waals surface area contributed by atoms with Crippen LogP contribution in [0.15, 0.2) is 48.5 Å². The highest BCUT2D eigenvalue weighted by Crippen LogP contribution is 2.41. The Kier molecular flexibility index (Phi) is 2.49. The maximum absolute atomic E-state index is 12.3. The van der Waals surface area contributed by atoms with E-state index in [0.717, 1.165) is 22.2 Å². The predicted molar refractivity (Wildman–Crippen MR) is 80.6 cm³/mol. The zero-order valence-corrected chi connectivity index (χ0v) is 11.1. The molecular weight excluding hydrogens is 266 g/mol. The number of aromatic nitrogens is 1. The van der Waals surface area contributed by atoms with Crippen molar-refractivity contribution in [1.82, 2.24) is 4.98 Å². The number of hydrogen-bond acceptors (Lipinski definition) is 3. The Labute approximate surface area is 120 Å². The van der Waals surface area contributed by atoms with Gasteiger partial charge in [0.2, 0.25) is 5.91 Å². The molecule has 0 aliphatic carbocycles. The van der Waals surface area contributed by atoms with Gasteiger partial charge < -0.3 is 10.3 Å². The van der Waals surface area contributed by atoms with Crippen LogP contribution in [-0.2, 0) is 4.79 Å². The maximum Gasteiger partial charge on any atom is 0.238 e. The van der Waals surface area contributed by atoms with E-state index in [1.54, 1.807) is 0 Å². The number of benzene rings is 2. The fourth-order valence-electron chi connectivity index (χ4n) is 3.00. The normalized spacial score (nSPS) is 16.8. The summed E-state index contributed by atoms with van der Waals surface area (Å²) in [7, 11) is 0. The van der Waals surface area contributed by atoms with E-state index in [4.69, 9.17) is 0 Å². The molecule has 1 aromatic heterocycles. The summed E-state index contributed by atoms with van der Waals surface area (Å²) in [6.07, 6.45) is 0. The Morgan fingerprint density at radius 2 is 1.81 bits per heavy atom. The minimum absolute atomic E-state index is 0.0979. The first-order valence-electron chi connectivity index (χ1n) is 6.70. The first kappa shape index (κ1) is 12.0. The lowest BCUT2D eigenvalue weighted by Crippen LogP contribution is -2.14. The number of rotatable bonds is 2. The lowest BCUT2D eigenvalue weighted by atomic mass is 9.96. The van der Waals surface area contributed by atoms with Crippen molar-refractivity contribution in [3.05, 3.63) is 59.8 Å². The van der Waals surface area contributed by atoms with Crippen molar-refractivity contribution < 1.29 is 10.0 Å². The molecule has 0 bridgehead atoms. The van der Waals surface area contributed by atoms with Gasteiger partial charge in [-0.25, -0.2) is 0 Å². The molecule has 5 nitrogen and oxygen atoms in total. The number of H-pyrrole nitrogens is 1.